The number of fused-ring (bicyclic) bond motifs is 2. The molecule has 10 heteroatoms. The molecule has 158 valence electrons. The Morgan fingerprint density at radius 2 is 1.90 bits per heavy atom. The van der Waals surface area contributed by atoms with Gasteiger partial charge in [-0.3, -0.25) is 9.36 Å². The Labute approximate surface area is 180 Å². The first-order valence-electron chi connectivity index (χ1n) is 9.66. The summed E-state index contributed by atoms with van der Waals surface area (Å²) >= 11 is 1.66. The lowest BCUT2D eigenvalue weighted by Gasteiger charge is -2.06. The maximum atomic E-state index is 12.8. The fourth-order valence-corrected chi connectivity index (χ4v) is 3.86. The molecule has 3 heterocycles. The Morgan fingerprint density at radius 1 is 1.13 bits per heavy atom. The van der Waals surface area contributed by atoms with E-state index < -0.39 is 5.69 Å². The van der Waals surface area contributed by atoms with Gasteiger partial charge in [0, 0.05) is 29.5 Å². The fourth-order valence-electron chi connectivity index (χ4n) is 3.45. The van der Waals surface area contributed by atoms with Crippen molar-refractivity contribution in [2.24, 2.45) is 0 Å². The maximum Gasteiger partial charge on any atom is 0.328 e. The van der Waals surface area contributed by atoms with Gasteiger partial charge in [-0.15, -0.1) is 11.8 Å². The molecule has 9 nitrogen and oxygen atoms in total. The molecule has 2 aromatic carbocycles. The van der Waals surface area contributed by atoms with E-state index >= 15 is 0 Å². The highest BCUT2D eigenvalue weighted by molar-refractivity contribution is 7.98. The maximum absolute atomic E-state index is 12.8. The van der Waals surface area contributed by atoms with E-state index in [0.29, 0.717) is 47.0 Å². The highest BCUT2D eigenvalue weighted by Gasteiger charge is 2.18. The van der Waals surface area contributed by atoms with Crippen LogP contribution in [0.3, 0.4) is 0 Å². The monoisotopic (exact) mass is 438 g/mol. The summed E-state index contributed by atoms with van der Waals surface area (Å²) in [6, 6.07) is 11.1. The van der Waals surface area contributed by atoms with Crippen molar-refractivity contribution in [3.8, 4) is 22.9 Å². The molecule has 0 fully saturated rings. The molecule has 1 aliphatic rings. The van der Waals surface area contributed by atoms with Gasteiger partial charge in [0.25, 0.3) is 5.56 Å². The van der Waals surface area contributed by atoms with E-state index in [1.165, 1.54) is 4.57 Å². The van der Waals surface area contributed by atoms with Gasteiger partial charge in [-0.05, 0) is 43.0 Å². The highest BCUT2D eigenvalue weighted by Crippen LogP contribution is 2.34. The van der Waals surface area contributed by atoms with Gasteiger partial charge in [0.2, 0.25) is 18.5 Å². The van der Waals surface area contributed by atoms with Gasteiger partial charge >= 0.3 is 5.69 Å². The van der Waals surface area contributed by atoms with Crippen molar-refractivity contribution < 1.29 is 14.0 Å². The van der Waals surface area contributed by atoms with Gasteiger partial charge in [-0.2, -0.15) is 4.98 Å². The van der Waals surface area contributed by atoms with E-state index in [-0.39, 0.29) is 18.9 Å². The number of hydrogen-bond donors (Lipinski definition) is 1. The number of aromatic nitrogens is 4. The summed E-state index contributed by atoms with van der Waals surface area (Å²) in [4.78, 5) is 33.5. The number of thioether (sulfide) groups is 1. The lowest BCUT2D eigenvalue weighted by atomic mass is 10.2. The molecule has 0 aliphatic carbocycles. The van der Waals surface area contributed by atoms with Crippen molar-refractivity contribution in [2.45, 2.75) is 24.3 Å². The minimum Gasteiger partial charge on any atom is -0.454 e. The van der Waals surface area contributed by atoms with Crippen LogP contribution in [0.25, 0.3) is 22.3 Å². The Kier molecular flexibility index (Phi) is 4.99. The Hall–Kier alpha value is -3.53. The third-order valence-corrected chi connectivity index (χ3v) is 5.81. The smallest absolute Gasteiger partial charge is 0.328 e. The molecule has 1 N–H and O–H groups in total. The molecule has 0 spiro atoms. The zero-order valence-electron chi connectivity index (χ0n) is 16.6. The second kappa shape index (κ2) is 7.95. The van der Waals surface area contributed by atoms with Crippen molar-refractivity contribution in [1.29, 1.82) is 0 Å². The quantitative estimate of drug-likeness (QED) is 0.458. The van der Waals surface area contributed by atoms with Gasteiger partial charge in [-0.1, -0.05) is 5.16 Å². The number of H-pyrrole nitrogens is 1. The van der Waals surface area contributed by atoms with Crippen LogP contribution in [0.5, 0.6) is 11.5 Å². The molecule has 4 aromatic rings. The number of aryl methyl sites for hydroxylation is 1. The second-order valence-electron chi connectivity index (χ2n) is 6.98. The van der Waals surface area contributed by atoms with Crippen LogP contribution in [0.2, 0.25) is 0 Å². The molecule has 0 saturated heterocycles. The Bertz CT molecular complexity index is 1370. The van der Waals surface area contributed by atoms with E-state index in [9.17, 15) is 9.59 Å². The van der Waals surface area contributed by atoms with Crippen LogP contribution < -0.4 is 20.7 Å². The molecule has 0 saturated carbocycles. The molecule has 0 bridgehead atoms. The van der Waals surface area contributed by atoms with Crippen LogP contribution in [-0.4, -0.2) is 32.7 Å². The second-order valence-corrected chi connectivity index (χ2v) is 7.86. The predicted molar refractivity (Wildman–Crippen MR) is 115 cm³/mol. The summed E-state index contributed by atoms with van der Waals surface area (Å²) in [5.41, 5.74) is 0.437. The Balaban J connectivity index is 1.31. The molecular formula is C21H18N4O5S. The summed E-state index contributed by atoms with van der Waals surface area (Å²) in [5, 5.41) is 4.39. The minimum absolute atomic E-state index is 0.0952. The predicted octanol–water partition coefficient (Wildman–Crippen LogP) is 2.82. The topological polar surface area (TPSA) is 112 Å². The standard InChI is InChI=1S/C21H18N4O5S/c1-31-13-6-4-12(5-7-13)19-23-18(30-24-19)3-2-8-25-20(26)14-9-16-17(29-11-28-16)10-15(14)22-21(25)27/h4-7,9-10H,2-3,8,11H2,1H3,(H,22,27). The normalized spacial score (nSPS) is 12.5. The molecule has 1 aliphatic heterocycles. The van der Waals surface area contributed by atoms with Crippen molar-refractivity contribution in [3.05, 3.63) is 63.1 Å². The van der Waals surface area contributed by atoms with Crippen molar-refractivity contribution >= 4 is 22.7 Å². The zero-order valence-corrected chi connectivity index (χ0v) is 17.4. The summed E-state index contributed by atoms with van der Waals surface area (Å²) in [5.74, 6) is 1.97. The molecule has 2 aromatic heterocycles. The van der Waals surface area contributed by atoms with Crippen LogP contribution in [-0.2, 0) is 13.0 Å². The van der Waals surface area contributed by atoms with Crippen LogP contribution in [0.4, 0.5) is 0 Å². The van der Waals surface area contributed by atoms with Gasteiger partial charge in [0.1, 0.15) is 0 Å². The van der Waals surface area contributed by atoms with Gasteiger partial charge in [-0.25, -0.2) is 4.79 Å². The number of rotatable bonds is 6. The first-order chi connectivity index (χ1) is 15.1. The first-order valence-corrected chi connectivity index (χ1v) is 10.9. The van der Waals surface area contributed by atoms with Gasteiger partial charge in [0.15, 0.2) is 11.5 Å². The molecule has 5 rings (SSSR count). The van der Waals surface area contributed by atoms with Crippen molar-refractivity contribution in [1.82, 2.24) is 19.7 Å². The van der Waals surface area contributed by atoms with Crippen LogP contribution in [0.1, 0.15) is 12.3 Å². The fraction of sp³-hybridized carbons (Fsp3) is 0.238. The SMILES string of the molecule is CSc1ccc(-c2noc(CCCn3c(=O)[nH]c4cc5c(cc4c3=O)OCO5)n2)cc1. The van der Waals surface area contributed by atoms with Crippen LogP contribution in [0, 0.1) is 0 Å². The number of hydrogen-bond acceptors (Lipinski definition) is 8. The van der Waals surface area contributed by atoms with Gasteiger partial charge in [0.05, 0.1) is 10.9 Å². The van der Waals surface area contributed by atoms with Gasteiger partial charge < -0.3 is 19.0 Å². The van der Waals surface area contributed by atoms with E-state index in [1.54, 1.807) is 23.9 Å². The summed E-state index contributed by atoms with van der Waals surface area (Å²) in [6.45, 7) is 0.316. The number of ether oxygens (including phenoxy) is 2. The van der Waals surface area contributed by atoms with E-state index in [1.807, 2.05) is 30.5 Å². The number of aromatic amines is 1. The molecule has 31 heavy (non-hydrogen) atoms. The summed E-state index contributed by atoms with van der Waals surface area (Å²) in [6.07, 6.45) is 2.95. The van der Waals surface area contributed by atoms with E-state index in [2.05, 4.69) is 15.1 Å². The van der Waals surface area contributed by atoms with Crippen molar-refractivity contribution in [3.63, 3.8) is 0 Å². The largest absolute Gasteiger partial charge is 0.454 e. The molecule has 0 amide bonds. The zero-order chi connectivity index (χ0) is 21.4. The van der Waals surface area contributed by atoms with E-state index in [0.717, 1.165) is 10.5 Å². The summed E-state index contributed by atoms with van der Waals surface area (Å²) in [7, 11) is 0. The number of nitrogens with one attached hydrogen (secondary N) is 1. The highest BCUT2D eigenvalue weighted by atomic mass is 32.2. The van der Waals surface area contributed by atoms with E-state index in [4.69, 9.17) is 14.0 Å². The molecular weight excluding hydrogens is 420 g/mol. The number of nitrogens with zero attached hydrogens (tertiary/aromatic N) is 3. The molecule has 0 unspecified atom stereocenters. The third-order valence-electron chi connectivity index (χ3n) is 5.06. The first kappa shape index (κ1) is 19.4. The average Bonchev–Trinajstić information content (AvgIpc) is 3.44. The lowest BCUT2D eigenvalue weighted by molar-refractivity contribution is 0.174. The average molecular weight is 438 g/mol. The number of benzene rings is 2. The van der Waals surface area contributed by atoms with Crippen LogP contribution in [0.15, 0.2) is 55.4 Å². The summed E-state index contributed by atoms with van der Waals surface area (Å²) < 4.78 is 17.1. The van der Waals surface area contributed by atoms with Crippen LogP contribution >= 0.6 is 11.8 Å². The lowest BCUT2D eigenvalue weighted by Crippen LogP contribution is -2.35. The van der Waals surface area contributed by atoms with Crippen molar-refractivity contribution in [2.75, 3.05) is 13.0 Å². The molecule has 0 radical (unpaired) electrons. The Morgan fingerprint density at radius 3 is 2.68 bits per heavy atom. The third kappa shape index (κ3) is 3.70. The molecule has 0 atom stereocenters. The minimum atomic E-state index is -0.475.